The van der Waals surface area contributed by atoms with Crippen molar-refractivity contribution in [3.05, 3.63) is 34.9 Å². The maximum absolute atomic E-state index is 11.9. The molecule has 0 saturated carbocycles. The van der Waals surface area contributed by atoms with Crippen LogP contribution in [-0.2, 0) is 16.1 Å². The summed E-state index contributed by atoms with van der Waals surface area (Å²) < 4.78 is 5.24. The third-order valence-corrected chi connectivity index (χ3v) is 3.41. The first kappa shape index (κ1) is 13.1. The number of aryl methyl sites for hydroxylation is 2. The normalized spacial score (nSPS) is 20.3. The molecule has 1 fully saturated rings. The van der Waals surface area contributed by atoms with Gasteiger partial charge in [-0.15, -0.1) is 0 Å². The second-order valence-corrected chi connectivity index (χ2v) is 4.86. The summed E-state index contributed by atoms with van der Waals surface area (Å²) >= 11 is 0. The third-order valence-electron chi connectivity index (χ3n) is 3.41. The molecule has 1 heterocycles. The minimum Gasteiger partial charge on any atom is -0.369 e. The Bertz CT molecular complexity index is 445. The highest BCUT2D eigenvalue weighted by Crippen LogP contribution is 2.17. The molecule has 4 heteroatoms. The second-order valence-electron chi connectivity index (χ2n) is 4.86. The zero-order valence-electron chi connectivity index (χ0n) is 11.0. The minimum absolute atomic E-state index is 0.00818. The number of hydrogen-bond donors (Lipinski definition) is 1. The summed E-state index contributed by atoms with van der Waals surface area (Å²) in [7, 11) is 0. The van der Waals surface area contributed by atoms with Crippen molar-refractivity contribution in [2.75, 3.05) is 19.8 Å². The van der Waals surface area contributed by atoms with Crippen LogP contribution in [-0.4, -0.2) is 36.6 Å². The van der Waals surface area contributed by atoms with Gasteiger partial charge in [-0.1, -0.05) is 23.8 Å². The highest BCUT2D eigenvalue weighted by Gasteiger charge is 2.27. The Morgan fingerprint density at radius 1 is 1.44 bits per heavy atom. The molecule has 0 spiro atoms. The largest absolute Gasteiger partial charge is 0.369 e. The third kappa shape index (κ3) is 2.71. The number of benzene rings is 1. The lowest BCUT2D eigenvalue weighted by Gasteiger charge is -2.35. The molecular weight excluding hydrogens is 228 g/mol. The molecule has 1 amide bonds. The fourth-order valence-electron chi connectivity index (χ4n) is 2.23. The van der Waals surface area contributed by atoms with E-state index in [9.17, 15) is 4.79 Å². The van der Waals surface area contributed by atoms with Crippen molar-refractivity contribution < 1.29 is 9.53 Å². The molecule has 0 radical (unpaired) electrons. The molecule has 1 aliphatic rings. The number of rotatable bonds is 3. The van der Waals surface area contributed by atoms with Crippen LogP contribution in [0, 0.1) is 13.8 Å². The molecule has 0 aliphatic carbocycles. The highest BCUT2D eigenvalue weighted by atomic mass is 16.5. The fraction of sp³-hybridized carbons (Fsp3) is 0.500. The van der Waals surface area contributed by atoms with Crippen molar-refractivity contribution in [3.63, 3.8) is 0 Å². The van der Waals surface area contributed by atoms with Gasteiger partial charge in [0.1, 0.15) is 6.61 Å². The zero-order chi connectivity index (χ0) is 13.1. The molecule has 0 bridgehead atoms. The molecule has 1 aliphatic heterocycles. The van der Waals surface area contributed by atoms with Gasteiger partial charge in [-0.2, -0.15) is 0 Å². The van der Waals surface area contributed by atoms with E-state index in [0.717, 1.165) is 0 Å². The topological polar surface area (TPSA) is 55.6 Å². The van der Waals surface area contributed by atoms with E-state index < -0.39 is 0 Å². The number of nitrogens with zero attached hydrogens (tertiary/aromatic N) is 1. The van der Waals surface area contributed by atoms with Crippen molar-refractivity contribution in [2.45, 2.75) is 26.4 Å². The van der Waals surface area contributed by atoms with Gasteiger partial charge in [-0.3, -0.25) is 4.79 Å². The number of nitrogens with two attached hydrogens (primary N) is 1. The van der Waals surface area contributed by atoms with E-state index in [1.54, 1.807) is 0 Å². The van der Waals surface area contributed by atoms with Crippen molar-refractivity contribution in [2.24, 2.45) is 5.73 Å². The summed E-state index contributed by atoms with van der Waals surface area (Å²) in [5, 5.41) is 0. The van der Waals surface area contributed by atoms with Gasteiger partial charge < -0.3 is 15.4 Å². The van der Waals surface area contributed by atoms with Crippen LogP contribution < -0.4 is 5.73 Å². The van der Waals surface area contributed by atoms with E-state index in [2.05, 4.69) is 32.0 Å². The molecule has 98 valence electrons. The van der Waals surface area contributed by atoms with Gasteiger partial charge in [0.2, 0.25) is 5.91 Å². The first-order valence-electron chi connectivity index (χ1n) is 6.25. The molecular formula is C14H20N2O2. The summed E-state index contributed by atoms with van der Waals surface area (Å²) in [5.74, 6) is 0.0256. The molecule has 0 aromatic heterocycles. The number of ether oxygens (including phenoxy) is 1. The summed E-state index contributed by atoms with van der Waals surface area (Å²) in [6, 6.07) is 6.30. The molecule has 1 aromatic rings. The van der Waals surface area contributed by atoms with Gasteiger partial charge >= 0.3 is 0 Å². The number of hydrogen-bond acceptors (Lipinski definition) is 3. The van der Waals surface area contributed by atoms with E-state index in [-0.39, 0.29) is 18.6 Å². The molecule has 2 rings (SSSR count). The van der Waals surface area contributed by atoms with Crippen LogP contribution in [0.5, 0.6) is 0 Å². The first-order valence-corrected chi connectivity index (χ1v) is 6.25. The van der Waals surface area contributed by atoms with Crippen molar-refractivity contribution in [3.8, 4) is 0 Å². The molecule has 1 unspecified atom stereocenters. The molecule has 1 saturated heterocycles. The minimum atomic E-state index is -0.00818. The maximum Gasteiger partial charge on any atom is 0.249 e. The average Bonchev–Trinajstić information content (AvgIpc) is 2.36. The smallest absolute Gasteiger partial charge is 0.249 e. The van der Waals surface area contributed by atoms with E-state index in [0.29, 0.717) is 19.7 Å². The van der Waals surface area contributed by atoms with Crippen LogP contribution in [0.1, 0.15) is 16.7 Å². The molecule has 1 atom stereocenters. The van der Waals surface area contributed by atoms with Crippen LogP contribution in [0.2, 0.25) is 0 Å². The van der Waals surface area contributed by atoms with Crippen LogP contribution in [0.4, 0.5) is 0 Å². The lowest BCUT2D eigenvalue weighted by atomic mass is 10.0. The Morgan fingerprint density at radius 2 is 2.22 bits per heavy atom. The van der Waals surface area contributed by atoms with E-state index in [4.69, 9.17) is 10.5 Å². The summed E-state index contributed by atoms with van der Waals surface area (Å²) in [6.07, 6.45) is 0. The van der Waals surface area contributed by atoms with Gasteiger partial charge in [0.05, 0.1) is 12.6 Å². The van der Waals surface area contributed by atoms with Gasteiger partial charge in [0, 0.05) is 13.1 Å². The van der Waals surface area contributed by atoms with Crippen molar-refractivity contribution in [1.82, 2.24) is 4.90 Å². The molecule has 18 heavy (non-hydrogen) atoms. The predicted molar refractivity (Wildman–Crippen MR) is 70.1 cm³/mol. The van der Waals surface area contributed by atoms with Gasteiger partial charge in [0.25, 0.3) is 0 Å². The Balaban J connectivity index is 2.20. The summed E-state index contributed by atoms with van der Waals surface area (Å²) in [5.41, 5.74) is 9.30. The Morgan fingerprint density at radius 3 is 2.94 bits per heavy atom. The highest BCUT2D eigenvalue weighted by molar-refractivity contribution is 5.78. The van der Waals surface area contributed by atoms with E-state index in [1.807, 2.05) is 4.90 Å². The summed E-state index contributed by atoms with van der Waals surface area (Å²) in [4.78, 5) is 13.7. The van der Waals surface area contributed by atoms with E-state index >= 15 is 0 Å². The van der Waals surface area contributed by atoms with Gasteiger partial charge in [-0.25, -0.2) is 0 Å². The fourth-order valence-corrected chi connectivity index (χ4v) is 2.23. The SMILES string of the molecule is Cc1ccc(C)c(CN2C(=O)COCC2CN)c1. The first-order chi connectivity index (χ1) is 8.61. The van der Waals surface area contributed by atoms with Crippen LogP contribution in [0.3, 0.4) is 0 Å². The van der Waals surface area contributed by atoms with Crippen molar-refractivity contribution in [1.29, 1.82) is 0 Å². The molecule has 4 nitrogen and oxygen atoms in total. The van der Waals surface area contributed by atoms with Gasteiger partial charge in [-0.05, 0) is 25.0 Å². The van der Waals surface area contributed by atoms with Gasteiger partial charge in [0.15, 0.2) is 0 Å². The maximum atomic E-state index is 11.9. The Hall–Kier alpha value is -1.39. The lowest BCUT2D eigenvalue weighted by Crippen LogP contribution is -2.52. The predicted octanol–water partition coefficient (Wildman–Crippen LogP) is 0.990. The standard InChI is InChI=1S/C14H20N2O2/c1-10-3-4-11(2)12(5-10)7-16-13(6-15)8-18-9-14(16)17/h3-5,13H,6-9,15H2,1-2H3. The monoisotopic (exact) mass is 248 g/mol. The molecule has 1 aromatic carbocycles. The van der Waals surface area contributed by atoms with Crippen LogP contribution in [0.15, 0.2) is 18.2 Å². The second kappa shape index (κ2) is 5.50. The Labute approximate surface area is 108 Å². The average molecular weight is 248 g/mol. The quantitative estimate of drug-likeness (QED) is 0.868. The number of carbonyl (C=O) groups is 1. The molecule has 2 N–H and O–H groups in total. The Kier molecular flexibility index (Phi) is 3.99. The van der Waals surface area contributed by atoms with Crippen LogP contribution in [0.25, 0.3) is 0 Å². The van der Waals surface area contributed by atoms with Crippen LogP contribution >= 0.6 is 0 Å². The zero-order valence-corrected chi connectivity index (χ0v) is 11.0. The number of morpholine rings is 1. The van der Waals surface area contributed by atoms with E-state index in [1.165, 1.54) is 16.7 Å². The lowest BCUT2D eigenvalue weighted by molar-refractivity contribution is -0.148. The van der Waals surface area contributed by atoms with Crippen molar-refractivity contribution >= 4 is 5.91 Å². The number of amides is 1. The number of carbonyl (C=O) groups excluding carboxylic acids is 1. The summed E-state index contributed by atoms with van der Waals surface area (Å²) in [6.45, 7) is 5.89.